The summed E-state index contributed by atoms with van der Waals surface area (Å²) in [5.41, 5.74) is 6.48. The highest BCUT2D eigenvalue weighted by Crippen LogP contribution is 2.19. The van der Waals surface area contributed by atoms with Crippen molar-refractivity contribution in [2.45, 2.75) is 25.6 Å². The second-order valence-corrected chi connectivity index (χ2v) is 7.58. The van der Waals surface area contributed by atoms with Crippen molar-refractivity contribution >= 4 is 21.2 Å². The van der Waals surface area contributed by atoms with Crippen LogP contribution in [0.25, 0.3) is 0 Å². The number of nitrogens with zero attached hydrogens (tertiary/aromatic N) is 2. The fourth-order valence-corrected chi connectivity index (χ4v) is 4.49. The van der Waals surface area contributed by atoms with Crippen molar-refractivity contribution in [2.24, 2.45) is 5.73 Å². The van der Waals surface area contributed by atoms with Crippen LogP contribution in [-0.2, 0) is 22.9 Å². The van der Waals surface area contributed by atoms with Gasteiger partial charge in [-0.3, -0.25) is 4.90 Å². The Hall–Kier alpha value is -0.500. The first kappa shape index (κ1) is 12.9. The molecule has 0 saturated carbocycles. The van der Waals surface area contributed by atoms with E-state index in [9.17, 15) is 8.42 Å². The molecule has 7 heteroatoms. The van der Waals surface area contributed by atoms with Gasteiger partial charge < -0.3 is 5.73 Å². The Bertz CT molecular complexity index is 483. The fourth-order valence-electron chi connectivity index (χ4n) is 2.02. The molecule has 5 nitrogen and oxygen atoms in total. The van der Waals surface area contributed by atoms with Gasteiger partial charge in [0.25, 0.3) is 0 Å². The van der Waals surface area contributed by atoms with E-state index in [0.717, 1.165) is 17.1 Å². The van der Waals surface area contributed by atoms with Gasteiger partial charge in [-0.05, 0) is 13.5 Å². The number of nitrogens with two attached hydrogens (primary N) is 1. The van der Waals surface area contributed by atoms with E-state index < -0.39 is 9.84 Å². The lowest BCUT2D eigenvalue weighted by Crippen LogP contribution is -2.32. The van der Waals surface area contributed by atoms with Crippen molar-refractivity contribution in [1.82, 2.24) is 9.88 Å². The van der Waals surface area contributed by atoms with Gasteiger partial charge in [-0.1, -0.05) is 0 Å². The molecule has 1 atom stereocenters. The average molecular weight is 275 g/mol. The predicted molar refractivity (Wildman–Crippen MR) is 68.5 cm³/mol. The highest BCUT2D eigenvalue weighted by molar-refractivity contribution is 7.91. The lowest BCUT2D eigenvalue weighted by molar-refractivity contribution is 0.251. The van der Waals surface area contributed by atoms with E-state index in [0.29, 0.717) is 18.8 Å². The maximum Gasteiger partial charge on any atom is 0.151 e. The monoisotopic (exact) mass is 275 g/mol. The molecule has 1 aliphatic rings. The molecule has 96 valence electrons. The molecule has 0 amide bonds. The maximum absolute atomic E-state index is 11.4. The highest BCUT2D eigenvalue weighted by Gasteiger charge is 2.30. The Morgan fingerprint density at radius 3 is 2.94 bits per heavy atom. The van der Waals surface area contributed by atoms with Crippen molar-refractivity contribution in [3.63, 3.8) is 0 Å². The summed E-state index contributed by atoms with van der Waals surface area (Å²) < 4.78 is 22.8. The summed E-state index contributed by atoms with van der Waals surface area (Å²) in [6, 6.07) is 0.128. The molecule has 1 aromatic rings. The van der Waals surface area contributed by atoms with Crippen molar-refractivity contribution in [2.75, 3.05) is 18.6 Å². The highest BCUT2D eigenvalue weighted by atomic mass is 32.2. The van der Waals surface area contributed by atoms with Gasteiger partial charge in [0.05, 0.1) is 17.2 Å². The molecule has 1 unspecified atom stereocenters. The zero-order chi connectivity index (χ0) is 12.5. The summed E-state index contributed by atoms with van der Waals surface area (Å²) in [5, 5.41) is 2.91. The van der Waals surface area contributed by atoms with Gasteiger partial charge in [0.2, 0.25) is 0 Å². The number of sulfone groups is 1. The third-order valence-electron chi connectivity index (χ3n) is 3.02. The molecule has 2 heterocycles. The Kier molecular flexibility index (Phi) is 3.82. The number of aromatic nitrogens is 1. The molecule has 2 N–H and O–H groups in total. The van der Waals surface area contributed by atoms with Crippen LogP contribution in [0.5, 0.6) is 0 Å². The van der Waals surface area contributed by atoms with E-state index in [-0.39, 0.29) is 11.8 Å². The topological polar surface area (TPSA) is 76.3 Å². The van der Waals surface area contributed by atoms with E-state index in [1.54, 1.807) is 11.3 Å². The van der Waals surface area contributed by atoms with Crippen LogP contribution in [-0.4, -0.2) is 42.9 Å². The third kappa shape index (κ3) is 3.25. The molecule has 1 saturated heterocycles. The molecule has 17 heavy (non-hydrogen) atoms. The molecular weight excluding hydrogens is 258 g/mol. The van der Waals surface area contributed by atoms with Crippen LogP contribution in [0.1, 0.15) is 17.1 Å². The number of rotatable bonds is 4. The summed E-state index contributed by atoms with van der Waals surface area (Å²) in [7, 11) is -0.860. The van der Waals surface area contributed by atoms with Crippen LogP contribution >= 0.6 is 11.3 Å². The van der Waals surface area contributed by atoms with Crippen molar-refractivity contribution in [3.8, 4) is 0 Å². The second kappa shape index (κ2) is 5.01. The minimum Gasteiger partial charge on any atom is -0.325 e. The Morgan fingerprint density at radius 2 is 2.41 bits per heavy atom. The van der Waals surface area contributed by atoms with E-state index in [4.69, 9.17) is 5.73 Å². The molecular formula is C10H17N3O2S2. The predicted octanol–water partition coefficient (Wildman–Crippen LogP) is 0.221. The normalized spacial score (nSPS) is 23.4. The first-order valence-electron chi connectivity index (χ1n) is 5.54. The first-order valence-corrected chi connectivity index (χ1v) is 8.24. The van der Waals surface area contributed by atoms with E-state index in [2.05, 4.69) is 9.88 Å². The molecule has 0 aliphatic carbocycles. The minimum absolute atomic E-state index is 0.128. The van der Waals surface area contributed by atoms with Crippen molar-refractivity contribution < 1.29 is 8.42 Å². The van der Waals surface area contributed by atoms with Gasteiger partial charge in [-0.25, -0.2) is 13.4 Å². The summed E-state index contributed by atoms with van der Waals surface area (Å²) >= 11 is 1.55. The van der Waals surface area contributed by atoms with Crippen LogP contribution < -0.4 is 5.73 Å². The summed E-state index contributed by atoms with van der Waals surface area (Å²) in [5.74, 6) is 0.588. The molecule has 1 aliphatic heterocycles. The maximum atomic E-state index is 11.4. The molecule has 1 aromatic heterocycles. The largest absolute Gasteiger partial charge is 0.325 e. The van der Waals surface area contributed by atoms with Crippen LogP contribution in [0.4, 0.5) is 0 Å². The number of hydrogen-bond donors (Lipinski definition) is 1. The van der Waals surface area contributed by atoms with Crippen molar-refractivity contribution in [3.05, 3.63) is 16.1 Å². The lowest BCUT2D eigenvalue weighted by Gasteiger charge is -2.21. The second-order valence-electron chi connectivity index (χ2n) is 4.41. The summed E-state index contributed by atoms with van der Waals surface area (Å²) in [6.07, 6.45) is 0.729. The van der Waals surface area contributed by atoms with Gasteiger partial charge in [-0.15, -0.1) is 11.3 Å². The number of hydrogen-bond acceptors (Lipinski definition) is 6. The van der Waals surface area contributed by atoms with E-state index >= 15 is 0 Å². The fraction of sp³-hybridized carbons (Fsp3) is 0.700. The van der Waals surface area contributed by atoms with Crippen LogP contribution in [0.3, 0.4) is 0 Å². The van der Waals surface area contributed by atoms with Crippen LogP contribution in [0.15, 0.2) is 5.38 Å². The lowest BCUT2D eigenvalue weighted by atomic mass is 10.2. The van der Waals surface area contributed by atoms with Crippen LogP contribution in [0.2, 0.25) is 0 Å². The quantitative estimate of drug-likeness (QED) is 0.850. The third-order valence-corrected chi connectivity index (χ3v) is 5.69. The van der Waals surface area contributed by atoms with Gasteiger partial charge in [0, 0.05) is 24.5 Å². The Labute approximate surface area is 106 Å². The van der Waals surface area contributed by atoms with Gasteiger partial charge in [0.1, 0.15) is 5.01 Å². The first-order chi connectivity index (χ1) is 8.00. The number of thiazole rings is 1. The van der Waals surface area contributed by atoms with E-state index in [1.165, 1.54) is 0 Å². The average Bonchev–Trinajstić information content (AvgIpc) is 2.84. The molecule has 0 radical (unpaired) electrons. The van der Waals surface area contributed by atoms with Gasteiger partial charge >= 0.3 is 0 Å². The SMILES string of the molecule is CN(Cc1csc(CN)n1)C1CCS(=O)(=O)C1. The smallest absolute Gasteiger partial charge is 0.151 e. The molecule has 1 fully saturated rings. The van der Waals surface area contributed by atoms with Crippen molar-refractivity contribution in [1.29, 1.82) is 0 Å². The van der Waals surface area contributed by atoms with Crippen LogP contribution in [0, 0.1) is 0 Å². The summed E-state index contributed by atoms with van der Waals surface area (Å²) in [4.78, 5) is 6.45. The molecule has 0 aromatic carbocycles. The van der Waals surface area contributed by atoms with E-state index in [1.807, 2.05) is 12.4 Å². The summed E-state index contributed by atoms with van der Waals surface area (Å²) in [6.45, 7) is 1.16. The zero-order valence-electron chi connectivity index (χ0n) is 9.80. The Morgan fingerprint density at radius 1 is 1.65 bits per heavy atom. The zero-order valence-corrected chi connectivity index (χ0v) is 11.4. The molecule has 0 spiro atoms. The minimum atomic E-state index is -2.81. The Balaban J connectivity index is 1.95. The van der Waals surface area contributed by atoms with Gasteiger partial charge in [0.15, 0.2) is 9.84 Å². The molecule has 0 bridgehead atoms. The molecule has 2 rings (SSSR count). The standard InChI is InChI=1S/C10H17N3O2S2/c1-13(9-2-3-17(14,15)7-9)5-8-6-16-10(4-11)12-8/h6,9H,2-5,7,11H2,1H3. The van der Waals surface area contributed by atoms with Gasteiger partial charge in [-0.2, -0.15) is 0 Å².